The van der Waals surface area contributed by atoms with Crippen molar-refractivity contribution < 1.29 is 4.79 Å². The zero-order valence-electron chi connectivity index (χ0n) is 14.1. The molecule has 0 bridgehead atoms. The van der Waals surface area contributed by atoms with Crippen LogP contribution in [-0.4, -0.2) is 26.9 Å². The van der Waals surface area contributed by atoms with Crippen molar-refractivity contribution in [2.24, 2.45) is 18.4 Å². The second-order valence-electron chi connectivity index (χ2n) is 7.93. The lowest BCUT2D eigenvalue weighted by Crippen LogP contribution is -2.40. The van der Waals surface area contributed by atoms with Gasteiger partial charge in [0.05, 0.1) is 11.4 Å². The van der Waals surface area contributed by atoms with E-state index in [0.29, 0.717) is 17.8 Å². The molecule has 122 valence electrons. The van der Waals surface area contributed by atoms with Crippen molar-refractivity contribution in [1.82, 2.24) is 20.3 Å². The fraction of sp³-hybridized carbons (Fsp3) is 0.824. The lowest BCUT2D eigenvalue weighted by atomic mass is 9.72. The molecule has 2 aliphatic rings. The van der Waals surface area contributed by atoms with E-state index in [0.717, 1.165) is 25.0 Å². The van der Waals surface area contributed by atoms with E-state index in [1.165, 1.54) is 31.4 Å². The average molecular weight is 304 g/mol. The quantitative estimate of drug-likeness (QED) is 0.933. The molecule has 22 heavy (non-hydrogen) atoms. The van der Waals surface area contributed by atoms with Crippen LogP contribution in [-0.2, 0) is 24.7 Å². The van der Waals surface area contributed by atoms with Crippen LogP contribution < -0.4 is 5.32 Å². The van der Waals surface area contributed by atoms with E-state index in [-0.39, 0.29) is 11.9 Å². The molecule has 3 rings (SSSR count). The molecule has 1 aromatic rings. The Morgan fingerprint density at radius 2 is 2.05 bits per heavy atom. The van der Waals surface area contributed by atoms with Crippen LogP contribution in [0.2, 0.25) is 0 Å². The maximum absolute atomic E-state index is 12.3. The second kappa shape index (κ2) is 6.01. The zero-order valence-corrected chi connectivity index (χ0v) is 14.1. The van der Waals surface area contributed by atoms with Gasteiger partial charge in [0.1, 0.15) is 0 Å². The highest BCUT2D eigenvalue weighted by Crippen LogP contribution is 2.39. The fourth-order valence-electron chi connectivity index (χ4n) is 3.85. The molecule has 0 aromatic carbocycles. The Labute approximate surface area is 132 Å². The van der Waals surface area contributed by atoms with Gasteiger partial charge in [-0.2, -0.15) is 0 Å². The Balaban J connectivity index is 1.48. The molecule has 1 unspecified atom stereocenters. The fourth-order valence-corrected chi connectivity index (χ4v) is 3.85. The number of hydrogen-bond acceptors (Lipinski definition) is 3. The maximum atomic E-state index is 12.3. The number of hydrogen-bond donors (Lipinski definition) is 1. The Bertz CT molecular complexity index is 539. The lowest BCUT2D eigenvalue weighted by Gasteiger charge is -2.34. The number of amides is 1. The number of nitrogens with zero attached hydrogens (tertiary/aromatic N) is 3. The average Bonchev–Trinajstić information content (AvgIpc) is 2.83. The summed E-state index contributed by atoms with van der Waals surface area (Å²) in [5.41, 5.74) is 2.75. The van der Waals surface area contributed by atoms with Crippen molar-refractivity contribution in [2.45, 2.75) is 71.3 Å². The maximum Gasteiger partial charge on any atom is 0.220 e. The highest BCUT2D eigenvalue weighted by molar-refractivity contribution is 5.76. The van der Waals surface area contributed by atoms with Crippen LogP contribution in [0.1, 0.15) is 63.8 Å². The number of aryl methyl sites for hydroxylation is 2. The first-order valence-corrected chi connectivity index (χ1v) is 8.60. The minimum atomic E-state index is 0.230. The monoisotopic (exact) mass is 304 g/mol. The lowest BCUT2D eigenvalue weighted by molar-refractivity contribution is -0.123. The van der Waals surface area contributed by atoms with E-state index in [4.69, 9.17) is 0 Å². The highest BCUT2D eigenvalue weighted by Gasteiger charge is 2.29. The van der Waals surface area contributed by atoms with Gasteiger partial charge in [-0.25, -0.2) is 0 Å². The van der Waals surface area contributed by atoms with Crippen molar-refractivity contribution in [3.05, 3.63) is 11.4 Å². The summed E-state index contributed by atoms with van der Waals surface area (Å²) in [6.45, 7) is 4.68. The topological polar surface area (TPSA) is 59.8 Å². The Morgan fingerprint density at radius 1 is 1.32 bits per heavy atom. The molecular weight excluding hydrogens is 276 g/mol. The number of aromatic nitrogens is 3. The first-order chi connectivity index (χ1) is 10.4. The van der Waals surface area contributed by atoms with Gasteiger partial charge in [0.15, 0.2) is 0 Å². The van der Waals surface area contributed by atoms with Crippen LogP contribution >= 0.6 is 0 Å². The molecule has 1 saturated carbocycles. The molecule has 1 N–H and O–H groups in total. The van der Waals surface area contributed by atoms with Crippen LogP contribution in [0.3, 0.4) is 0 Å². The first kappa shape index (κ1) is 15.5. The van der Waals surface area contributed by atoms with Crippen LogP contribution in [0.5, 0.6) is 0 Å². The van der Waals surface area contributed by atoms with E-state index in [1.807, 2.05) is 11.7 Å². The molecule has 5 nitrogen and oxygen atoms in total. The smallest absolute Gasteiger partial charge is 0.220 e. The number of carbonyl (C=O) groups is 1. The van der Waals surface area contributed by atoms with Gasteiger partial charge in [-0.15, -0.1) is 5.10 Å². The molecule has 0 aliphatic heterocycles. The largest absolute Gasteiger partial charge is 0.353 e. The first-order valence-electron chi connectivity index (χ1n) is 8.60. The Hall–Kier alpha value is -1.39. The van der Waals surface area contributed by atoms with Crippen molar-refractivity contribution in [3.63, 3.8) is 0 Å². The molecule has 1 fully saturated rings. The molecule has 1 heterocycles. The molecule has 1 atom stereocenters. The highest BCUT2D eigenvalue weighted by atomic mass is 16.1. The van der Waals surface area contributed by atoms with E-state index < -0.39 is 0 Å². The normalized spacial score (nSPS) is 24.8. The van der Waals surface area contributed by atoms with Gasteiger partial charge in [0, 0.05) is 25.9 Å². The summed E-state index contributed by atoms with van der Waals surface area (Å²) in [5, 5.41) is 11.5. The molecule has 2 aliphatic carbocycles. The van der Waals surface area contributed by atoms with Gasteiger partial charge < -0.3 is 5.32 Å². The minimum absolute atomic E-state index is 0.230. The summed E-state index contributed by atoms with van der Waals surface area (Å²) in [7, 11) is 1.93. The molecule has 5 heteroatoms. The molecule has 0 saturated heterocycles. The summed E-state index contributed by atoms with van der Waals surface area (Å²) in [5.74, 6) is 0.804. The van der Waals surface area contributed by atoms with Crippen molar-refractivity contribution in [2.75, 3.05) is 0 Å². The number of fused-ring (bicyclic) bond motifs is 1. The predicted octanol–water partition coefficient (Wildman–Crippen LogP) is 2.40. The number of rotatable bonds is 3. The van der Waals surface area contributed by atoms with E-state index >= 15 is 0 Å². The summed E-state index contributed by atoms with van der Waals surface area (Å²) in [4.78, 5) is 12.3. The summed E-state index contributed by atoms with van der Waals surface area (Å²) < 4.78 is 1.84. The van der Waals surface area contributed by atoms with Gasteiger partial charge in [0.2, 0.25) is 5.91 Å². The van der Waals surface area contributed by atoms with Crippen LogP contribution in [0.25, 0.3) is 0 Å². The third-order valence-corrected chi connectivity index (χ3v) is 5.49. The zero-order chi connectivity index (χ0) is 15.7. The van der Waals surface area contributed by atoms with Gasteiger partial charge in [-0.3, -0.25) is 9.48 Å². The molecule has 1 aromatic heterocycles. The van der Waals surface area contributed by atoms with Crippen LogP contribution in [0.4, 0.5) is 0 Å². The summed E-state index contributed by atoms with van der Waals surface area (Å²) in [6.07, 6.45) is 8.35. The van der Waals surface area contributed by atoms with Crippen molar-refractivity contribution >= 4 is 5.91 Å². The van der Waals surface area contributed by atoms with Crippen LogP contribution in [0.15, 0.2) is 0 Å². The predicted molar refractivity (Wildman–Crippen MR) is 85.3 cm³/mol. The van der Waals surface area contributed by atoms with Crippen molar-refractivity contribution in [3.8, 4) is 0 Å². The summed E-state index contributed by atoms with van der Waals surface area (Å²) >= 11 is 0. The van der Waals surface area contributed by atoms with E-state index in [1.54, 1.807) is 0 Å². The number of nitrogens with one attached hydrogen (secondary N) is 1. The SMILES string of the molecule is Cn1nnc2c1CC(NC(=O)CC1CCC(C)(C)CC1)CC2. The van der Waals surface area contributed by atoms with E-state index in [2.05, 4.69) is 29.5 Å². The Morgan fingerprint density at radius 3 is 2.77 bits per heavy atom. The summed E-state index contributed by atoms with van der Waals surface area (Å²) in [6, 6.07) is 0.247. The minimum Gasteiger partial charge on any atom is -0.353 e. The standard InChI is InChI=1S/C17H28N4O/c1-17(2)8-6-12(7-9-17)10-16(22)18-13-4-5-14-15(11-13)21(3)20-19-14/h12-13H,4-11H2,1-3H3,(H,18,22). The second-order valence-corrected chi connectivity index (χ2v) is 7.93. The van der Waals surface area contributed by atoms with Crippen molar-refractivity contribution in [1.29, 1.82) is 0 Å². The molecule has 1 amide bonds. The van der Waals surface area contributed by atoms with Gasteiger partial charge >= 0.3 is 0 Å². The molecular formula is C17H28N4O. The molecule has 0 radical (unpaired) electrons. The Kier molecular flexibility index (Phi) is 4.24. The van der Waals surface area contributed by atoms with Gasteiger partial charge in [-0.05, 0) is 49.9 Å². The third kappa shape index (κ3) is 3.50. The van der Waals surface area contributed by atoms with Gasteiger partial charge in [-0.1, -0.05) is 19.1 Å². The third-order valence-electron chi connectivity index (χ3n) is 5.49. The van der Waals surface area contributed by atoms with Crippen LogP contribution in [0, 0.1) is 11.3 Å². The van der Waals surface area contributed by atoms with E-state index in [9.17, 15) is 4.79 Å². The molecule has 0 spiro atoms. The number of carbonyl (C=O) groups excluding carboxylic acids is 1. The van der Waals surface area contributed by atoms with Gasteiger partial charge in [0.25, 0.3) is 0 Å².